The van der Waals surface area contributed by atoms with E-state index in [2.05, 4.69) is 0 Å². The average Bonchev–Trinajstić information content (AvgIpc) is 2.93. The largest absolute Gasteiger partial charge is 0.481 e. The van der Waals surface area contributed by atoms with Crippen molar-refractivity contribution in [1.82, 2.24) is 0 Å². The van der Waals surface area contributed by atoms with Crippen molar-refractivity contribution in [2.45, 2.75) is 37.8 Å². The van der Waals surface area contributed by atoms with Gasteiger partial charge in [-0.2, -0.15) is 13.2 Å². The number of para-hydroxylation sites is 1. The van der Waals surface area contributed by atoms with Gasteiger partial charge in [-0.15, -0.1) is 0 Å². The molecule has 130 valence electrons. The molecule has 1 aliphatic heterocycles. The van der Waals surface area contributed by atoms with Crippen LogP contribution in [0.3, 0.4) is 0 Å². The molecule has 0 radical (unpaired) electrons. The summed E-state index contributed by atoms with van der Waals surface area (Å²) in [6.45, 7) is -0.0132. The molecule has 1 heterocycles. The molecule has 0 aromatic heterocycles. The van der Waals surface area contributed by atoms with Gasteiger partial charge in [-0.25, -0.2) is 0 Å². The first-order chi connectivity index (χ1) is 11.3. The van der Waals surface area contributed by atoms with Crippen LogP contribution in [0.4, 0.5) is 18.9 Å². The predicted octanol–water partition coefficient (Wildman–Crippen LogP) is 3.57. The molecule has 1 aliphatic carbocycles. The van der Waals surface area contributed by atoms with Gasteiger partial charge in [0.1, 0.15) is 5.92 Å². The molecule has 1 amide bonds. The van der Waals surface area contributed by atoms with Crippen LogP contribution in [0.5, 0.6) is 0 Å². The summed E-state index contributed by atoms with van der Waals surface area (Å²) < 4.78 is 38.9. The van der Waals surface area contributed by atoms with Gasteiger partial charge in [-0.3, -0.25) is 9.59 Å². The van der Waals surface area contributed by atoms with E-state index in [0.29, 0.717) is 24.1 Å². The fourth-order valence-electron chi connectivity index (χ4n) is 3.76. The van der Waals surface area contributed by atoms with Crippen LogP contribution in [0, 0.1) is 11.8 Å². The van der Waals surface area contributed by atoms with Crippen molar-refractivity contribution < 1.29 is 27.9 Å². The number of carboxylic acids is 1. The van der Waals surface area contributed by atoms with Crippen LogP contribution in [0.1, 0.15) is 37.2 Å². The zero-order chi connectivity index (χ0) is 17.5. The number of fused-ring (bicyclic) bond motifs is 1. The van der Waals surface area contributed by atoms with E-state index in [1.54, 1.807) is 24.3 Å². The highest BCUT2D eigenvalue weighted by atomic mass is 19.4. The second-order valence-corrected chi connectivity index (χ2v) is 6.50. The van der Waals surface area contributed by atoms with Crippen molar-refractivity contribution in [3.05, 3.63) is 29.8 Å². The lowest BCUT2D eigenvalue weighted by atomic mass is 9.80. The third-order valence-corrected chi connectivity index (χ3v) is 5.02. The summed E-state index contributed by atoms with van der Waals surface area (Å²) in [7, 11) is 0. The van der Waals surface area contributed by atoms with Crippen LogP contribution >= 0.6 is 0 Å². The summed E-state index contributed by atoms with van der Waals surface area (Å²) in [5.74, 6) is -4.40. The smallest absolute Gasteiger partial charge is 0.391 e. The van der Waals surface area contributed by atoms with E-state index in [1.165, 1.54) is 4.90 Å². The molecule has 2 aliphatic rings. The molecule has 0 saturated heterocycles. The fourth-order valence-corrected chi connectivity index (χ4v) is 3.76. The van der Waals surface area contributed by atoms with Crippen molar-refractivity contribution in [3.63, 3.8) is 0 Å². The highest BCUT2D eigenvalue weighted by Gasteiger charge is 2.45. The Kier molecular flexibility index (Phi) is 4.27. The molecule has 1 N–H and O–H groups in total. The monoisotopic (exact) mass is 341 g/mol. The highest BCUT2D eigenvalue weighted by Crippen LogP contribution is 2.43. The van der Waals surface area contributed by atoms with E-state index < -0.39 is 29.9 Å². The zero-order valence-electron chi connectivity index (χ0n) is 12.9. The number of halogens is 3. The normalized spacial score (nSPS) is 27.0. The minimum Gasteiger partial charge on any atom is -0.481 e. The Bertz CT molecular complexity index is 659. The lowest BCUT2D eigenvalue weighted by molar-refractivity contribution is -0.186. The number of alkyl halides is 3. The number of carbonyl (C=O) groups excluding carboxylic acids is 1. The number of benzene rings is 1. The summed E-state index contributed by atoms with van der Waals surface area (Å²) in [6.07, 6.45) is -3.66. The van der Waals surface area contributed by atoms with Crippen molar-refractivity contribution >= 4 is 17.6 Å². The van der Waals surface area contributed by atoms with Gasteiger partial charge in [-0.1, -0.05) is 24.6 Å². The number of carbonyl (C=O) groups is 2. The van der Waals surface area contributed by atoms with Crippen molar-refractivity contribution in [1.29, 1.82) is 0 Å². The molecule has 0 spiro atoms. The first kappa shape index (κ1) is 16.8. The molecule has 7 heteroatoms. The number of aliphatic carboxylic acids is 1. The van der Waals surface area contributed by atoms with Gasteiger partial charge in [0.2, 0.25) is 5.91 Å². The summed E-state index contributed by atoms with van der Waals surface area (Å²) in [4.78, 5) is 25.5. The van der Waals surface area contributed by atoms with E-state index in [9.17, 15) is 27.9 Å². The molecule has 24 heavy (non-hydrogen) atoms. The summed E-state index contributed by atoms with van der Waals surface area (Å²) in [5, 5.41) is 9.33. The molecule has 1 saturated carbocycles. The third-order valence-electron chi connectivity index (χ3n) is 5.02. The van der Waals surface area contributed by atoms with Crippen molar-refractivity contribution in [3.8, 4) is 0 Å². The number of rotatable bonds is 2. The Balaban J connectivity index is 1.82. The number of carboxylic acid groups (broad SMARTS) is 1. The van der Waals surface area contributed by atoms with E-state index in [1.807, 2.05) is 0 Å². The topological polar surface area (TPSA) is 57.6 Å². The molecule has 0 bridgehead atoms. The number of nitrogens with zero attached hydrogens (tertiary/aromatic N) is 1. The Hall–Kier alpha value is -2.05. The zero-order valence-corrected chi connectivity index (χ0v) is 12.9. The number of anilines is 1. The van der Waals surface area contributed by atoms with Gasteiger partial charge in [0, 0.05) is 18.2 Å². The molecule has 3 rings (SSSR count). The molecule has 4 nitrogen and oxygen atoms in total. The van der Waals surface area contributed by atoms with Gasteiger partial charge < -0.3 is 10.0 Å². The van der Waals surface area contributed by atoms with Gasteiger partial charge in [0.25, 0.3) is 0 Å². The Morgan fingerprint density at radius 1 is 1.17 bits per heavy atom. The first-order valence-electron chi connectivity index (χ1n) is 7.99. The maximum Gasteiger partial charge on any atom is 0.391 e. The molecule has 1 aromatic rings. The van der Waals surface area contributed by atoms with Gasteiger partial charge in [-0.05, 0) is 30.9 Å². The molecule has 1 aromatic carbocycles. The maximum atomic E-state index is 13.0. The molecular weight excluding hydrogens is 323 g/mol. The van der Waals surface area contributed by atoms with E-state index >= 15 is 0 Å². The number of hydrogen-bond donors (Lipinski definition) is 1. The van der Waals surface area contributed by atoms with Crippen molar-refractivity contribution in [2.75, 3.05) is 11.4 Å². The Morgan fingerprint density at radius 2 is 1.88 bits per heavy atom. The first-order valence-corrected chi connectivity index (χ1v) is 7.99. The molecular formula is C17H18F3NO3. The van der Waals surface area contributed by atoms with Gasteiger partial charge >= 0.3 is 12.1 Å². The maximum absolute atomic E-state index is 13.0. The van der Waals surface area contributed by atoms with Gasteiger partial charge in [0.05, 0.1) is 5.92 Å². The third kappa shape index (κ3) is 2.99. The van der Waals surface area contributed by atoms with Gasteiger partial charge in [0.15, 0.2) is 0 Å². The second-order valence-electron chi connectivity index (χ2n) is 6.50. The average molecular weight is 341 g/mol. The van der Waals surface area contributed by atoms with Crippen LogP contribution in [0.15, 0.2) is 24.3 Å². The van der Waals surface area contributed by atoms with Crippen LogP contribution in [0.25, 0.3) is 0 Å². The van der Waals surface area contributed by atoms with E-state index in [0.717, 1.165) is 0 Å². The lowest BCUT2D eigenvalue weighted by Crippen LogP contribution is -2.40. The van der Waals surface area contributed by atoms with E-state index in [-0.39, 0.29) is 25.3 Å². The Morgan fingerprint density at radius 3 is 2.54 bits per heavy atom. The van der Waals surface area contributed by atoms with Crippen molar-refractivity contribution in [2.24, 2.45) is 11.8 Å². The van der Waals surface area contributed by atoms with E-state index in [4.69, 9.17) is 0 Å². The van der Waals surface area contributed by atoms with Crippen LogP contribution in [-0.2, 0) is 9.59 Å². The van der Waals surface area contributed by atoms with Crippen LogP contribution in [-0.4, -0.2) is 29.7 Å². The summed E-state index contributed by atoms with van der Waals surface area (Å²) in [5.41, 5.74) is 1.05. The molecule has 3 unspecified atom stereocenters. The second kappa shape index (κ2) is 6.11. The minimum atomic E-state index is -4.29. The SMILES string of the molecule is O=C(O)C1CN(C(=O)C2CCCC(C(F)(F)F)C2)c2ccccc21. The minimum absolute atomic E-state index is 0.0132. The fraction of sp³-hybridized carbons (Fsp3) is 0.529. The number of hydrogen-bond acceptors (Lipinski definition) is 2. The van der Waals surface area contributed by atoms with Crippen LogP contribution < -0.4 is 4.90 Å². The Labute approximate surface area is 137 Å². The van der Waals surface area contributed by atoms with Crippen LogP contribution in [0.2, 0.25) is 0 Å². The highest BCUT2D eigenvalue weighted by molar-refractivity contribution is 6.00. The quantitative estimate of drug-likeness (QED) is 0.895. The summed E-state index contributed by atoms with van der Waals surface area (Å²) in [6, 6.07) is 6.70. The predicted molar refractivity (Wildman–Crippen MR) is 80.7 cm³/mol. The number of amides is 1. The molecule has 3 atom stereocenters. The standard InChI is InChI=1S/C17H18F3NO3/c18-17(19,20)11-5-3-4-10(8-11)15(22)21-9-13(16(23)24)12-6-1-2-7-14(12)21/h1-2,6-7,10-11,13H,3-5,8-9H2,(H,23,24). The summed E-state index contributed by atoms with van der Waals surface area (Å²) >= 11 is 0. The lowest BCUT2D eigenvalue weighted by Gasteiger charge is -2.32. The molecule has 1 fully saturated rings.